The molecular formula is C19H20F3N3O4. The molecule has 1 aromatic heterocycles. The molecule has 0 spiro atoms. The first-order chi connectivity index (χ1) is 13.8. The topological polar surface area (TPSA) is 100 Å². The van der Waals surface area contributed by atoms with Gasteiger partial charge < -0.3 is 20.4 Å². The van der Waals surface area contributed by atoms with Crippen LogP contribution >= 0.6 is 0 Å². The van der Waals surface area contributed by atoms with Crippen molar-refractivity contribution in [1.82, 2.24) is 16.0 Å². The molecule has 29 heavy (non-hydrogen) atoms. The minimum Gasteiger partial charge on any atom is -0.459 e. The highest BCUT2D eigenvalue weighted by Crippen LogP contribution is 2.29. The van der Waals surface area contributed by atoms with Crippen LogP contribution in [-0.2, 0) is 11.0 Å². The van der Waals surface area contributed by atoms with Gasteiger partial charge in [0.15, 0.2) is 5.76 Å². The maximum Gasteiger partial charge on any atom is 0.416 e. The Balaban J connectivity index is 1.57. The van der Waals surface area contributed by atoms with Crippen molar-refractivity contribution in [2.45, 2.75) is 19.0 Å². The third-order valence-corrected chi connectivity index (χ3v) is 3.82. The maximum atomic E-state index is 12.5. The van der Waals surface area contributed by atoms with E-state index in [1.165, 1.54) is 12.3 Å². The molecule has 0 bridgehead atoms. The summed E-state index contributed by atoms with van der Waals surface area (Å²) in [6.07, 6.45) is -2.46. The predicted molar refractivity (Wildman–Crippen MR) is 97.1 cm³/mol. The second kappa shape index (κ2) is 10.3. The van der Waals surface area contributed by atoms with Gasteiger partial charge >= 0.3 is 6.18 Å². The van der Waals surface area contributed by atoms with Gasteiger partial charge in [-0.3, -0.25) is 14.4 Å². The third kappa shape index (κ3) is 7.32. The average Bonchev–Trinajstić information content (AvgIpc) is 3.22. The predicted octanol–water partition coefficient (Wildman–Crippen LogP) is 2.35. The Bertz CT molecular complexity index is 818. The first-order valence-corrected chi connectivity index (χ1v) is 8.81. The average molecular weight is 411 g/mol. The van der Waals surface area contributed by atoms with Gasteiger partial charge in [0.25, 0.3) is 11.8 Å². The second-order valence-corrected chi connectivity index (χ2v) is 6.02. The van der Waals surface area contributed by atoms with Gasteiger partial charge in [0.05, 0.1) is 11.8 Å². The summed E-state index contributed by atoms with van der Waals surface area (Å²) in [5, 5.41) is 7.72. The number of nitrogens with one attached hydrogen (secondary N) is 3. The number of furan rings is 1. The monoisotopic (exact) mass is 411 g/mol. The van der Waals surface area contributed by atoms with Gasteiger partial charge in [0, 0.05) is 31.6 Å². The van der Waals surface area contributed by atoms with Crippen molar-refractivity contribution in [3.63, 3.8) is 0 Å². The lowest BCUT2D eigenvalue weighted by Gasteiger charge is -2.09. The molecule has 0 radical (unpaired) electrons. The van der Waals surface area contributed by atoms with Crippen molar-refractivity contribution < 1.29 is 32.0 Å². The summed E-state index contributed by atoms with van der Waals surface area (Å²) >= 11 is 0. The van der Waals surface area contributed by atoms with Gasteiger partial charge in [0.2, 0.25) is 5.91 Å². The standard InChI is InChI=1S/C19H20F3N3O4/c20-19(21,22)14-7-5-13(6-8-14)17(27)25-11-10-23-16(26)4-1-9-24-18(28)15-3-2-12-29-15/h2-3,5-8,12H,1,4,9-11H2,(H,23,26)(H,24,28)(H,25,27). The van der Waals surface area contributed by atoms with Crippen molar-refractivity contribution in [3.05, 3.63) is 59.5 Å². The van der Waals surface area contributed by atoms with Crippen molar-refractivity contribution >= 4 is 17.7 Å². The zero-order valence-corrected chi connectivity index (χ0v) is 15.3. The molecular weight excluding hydrogens is 391 g/mol. The molecule has 0 aliphatic rings. The summed E-state index contributed by atoms with van der Waals surface area (Å²) in [6.45, 7) is 0.600. The second-order valence-electron chi connectivity index (χ2n) is 6.02. The molecule has 7 nitrogen and oxygen atoms in total. The van der Waals surface area contributed by atoms with Crippen LogP contribution in [0.5, 0.6) is 0 Å². The maximum absolute atomic E-state index is 12.5. The fourth-order valence-corrected chi connectivity index (χ4v) is 2.32. The van der Waals surface area contributed by atoms with E-state index in [0.29, 0.717) is 13.0 Å². The highest BCUT2D eigenvalue weighted by molar-refractivity contribution is 5.94. The fraction of sp³-hybridized carbons (Fsp3) is 0.316. The van der Waals surface area contributed by atoms with E-state index in [0.717, 1.165) is 24.3 Å². The third-order valence-electron chi connectivity index (χ3n) is 3.82. The summed E-state index contributed by atoms with van der Waals surface area (Å²) in [7, 11) is 0. The van der Waals surface area contributed by atoms with Gasteiger partial charge in [-0.15, -0.1) is 0 Å². The molecule has 3 amide bonds. The van der Waals surface area contributed by atoms with Crippen LogP contribution in [-0.4, -0.2) is 37.4 Å². The van der Waals surface area contributed by atoms with E-state index in [1.54, 1.807) is 6.07 Å². The van der Waals surface area contributed by atoms with Crippen molar-refractivity contribution in [2.75, 3.05) is 19.6 Å². The number of hydrogen-bond acceptors (Lipinski definition) is 4. The Labute approximate surface area is 164 Å². The van der Waals surface area contributed by atoms with E-state index in [9.17, 15) is 27.6 Å². The van der Waals surface area contributed by atoms with Crippen LogP contribution in [0.15, 0.2) is 47.1 Å². The molecule has 10 heteroatoms. The zero-order chi connectivity index (χ0) is 21.3. The minimum absolute atomic E-state index is 0.0941. The highest BCUT2D eigenvalue weighted by atomic mass is 19.4. The van der Waals surface area contributed by atoms with E-state index in [1.807, 2.05) is 0 Å². The van der Waals surface area contributed by atoms with Crippen LogP contribution in [0.3, 0.4) is 0 Å². The molecule has 0 saturated heterocycles. The smallest absolute Gasteiger partial charge is 0.416 e. The van der Waals surface area contributed by atoms with Crippen molar-refractivity contribution in [1.29, 1.82) is 0 Å². The fourth-order valence-electron chi connectivity index (χ4n) is 2.32. The Hall–Kier alpha value is -3.30. The molecule has 2 rings (SSSR count). The lowest BCUT2D eigenvalue weighted by Crippen LogP contribution is -2.35. The van der Waals surface area contributed by atoms with Crippen LogP contribution in [0.4, 0.5) is 13.2 Å². The van der Waals surface area contributed by atoms with Gasteiger partial charge in [-0.1, -0.05) is 0 Å². The normalized spacial score (nSPS) is 11.0. The van der Waals surface area contributed by atoms with E-state index < -0.39 is 17.6 Å². The summed E-state index contributed by atoms with van der Waals surface area (Å²) < 4.78 is 42.4. The molecule has 0 aliphatic heterocycles. The molecule has 156 valence electrons. The van der Waals surface area contributed by atoms with Crippen molar-refractivity contribution in [2.24, 2.45) is 0 Å². The van der Waals surface area contributed by atoms with Crippen molar-refractivity contribution in [3.8, 4) is 0 Å². The summed E-state index contributed by atoms with van der Waals surface area (Å²) in [5.41, 5.74) is -0.738. The summed E-state index contributed by atoms with van der Waals surface area (Å²) in [4.78, 5) is 35.2. The van der Waals surface area contributed by atoms with Gasteiger partial charge in [-0.2, -0.15) is 13.2 Å². The molecule has 3 N–H and O–H groups in total. The molecule has 0 saturated carbocycles. The molecule has 0 fully saturated rings. The number of amides is 3. The number of halogens is 3. The Kier molecular flexibility index (Phi) is 7.81. The lowest BCUT2D eigenvalue weighted by atomic mass is 10.1. The number of carbonyl (C=O) groups is 3. The SMILES string of the molecule is O=C(CCCNC(=O)c1ccco1)NCCNC(=O)c1ccc(C(F)(F)F)cc1. The summed E-state index contributed by atoms with van der Waals surface area (Å²) in [6, 6.07) is 6.98. The number of rotatable bonds is 9. The van der Waals surface area contributed by atoms with E-state index in [4.69, 9.17) is 4.42 Å². The van der Waals surface area contributed by atoms with E-state index in [2.05, 4.69) is 16.0 Å². The minimum atomic E-state index is -4.46. The largest absolute Gasteiger partial charge is 0.459 e. The molecule has 1 aromatic carbocycles. The molecule has 0 unspecified atom stereocenters. The molecule has 1 heterocycles. The van der Waals surface area contributed by atoms with E-state index >= 15 is 0 Å². The summed E-state index contributed by atoms with van der Waals surface area (Å²) in [5.74, 6) is -0.950. The van der Waals surface area contributed by atoms with Gasteiger partial charge in [0.1, 0.15) is 0 Å². The molecule has 0 atom stereocenters. The van der Waals surface area contributed by atoms with Crippen LogP contribution in [0.1, 0.15) is 39.3 Å². The van der Waals surface area contributed by atoms with E-state index in [-0.39, 0.29) is 42.6 Å². The van der Waals surface area contributed by atoms with Crippen LogP contribution in [0.25, 0.3) is 0 Å². The quantitative estimate of drug-likeness (QED) is 0.552. The molecule has 0 aliphatic carbocycles. The Morgan fingerprint density at radius 2 is 1.52 bits per heavy atom. The lowest BCUT2D eigenvalue weighted by molar-refractivity contribution is -0.137. The Morgan fingerprint density at radius 1 is 0.862 bits per heavy atom. The number of carbonyl (C=O) groups excluding carboxylic acids is 3. The Morgan fingerprint density at radius 3 is 2.14 bits per heavy atom. The van der Waals surface area contributed by atoms with Crippen LogP contribution in [0, 0.1) is 0 Å². The van der Waals surface area contributed by atoms with Gasteiger partial charge in [-0.25, -0.2) is 0 Å². The number of alkyl halides is 3. The van der Waals surface area contributed by atoms with Crippen LogP contribution in [0.2, 0.25) is 0 Å². The number of benzene rings is 1. The first kappa shape index (κ1) is 22.0. The zero-order valence-electron chi connectivity index (χ0n) is 15.3. The number of hydrogen-bond donors (Lipinski definition) is 3. The van der Waals surface area contributed by atoms with Gasteiger partial charge in [-0.05, 0) is 42.8 Å². The van der Waals surface area contributed by atoms with Crippen LogP contribution < -0.4 is 16.0 Å². The highest BCUT2D eigenvalue weighted by Gasteiger charge is 2.30. The molecule has 2 aromatic rings. The first-order valence-electron chi connectivity index (χ1n) is 8.81.